The number of rotatable bonds is 2. The Hall–Kier alpha value is -0.810. The lowest BCUT2D eigenvalue weighted by atomic mass is 10.0. The normalized spacial score (nSPS) is 36.2. The van der Waals surface area contributed by atoms with Crippen LogP contribution < -0.4 is 10.6 Å². The van der Waals surface area contributed by atoms with Crippen molar-refractivity contribution in [3.8, 4) is 0 Å². The Labute approximate surface area is 108 Å². The molecule has 3 heterocycles. The number of carbonyl (C=O) groups is 1. The molecule has 3 aliphatic heterocycles. The van der Waals surface area contributed by atoms with Crippen LogP contribution in [0.4, 0.5) is 4.79 Å². The van der Waals surface area contributed by atoms with Crippen molar-refractivity contribution in [2.75, 3.05) is 26.3 Å². The Bertz CT molecular complexity index is 299. The molecule has 3 unspecified atom stereocenters. The molecule has 5 heteroatoms. The lowest BCUT2D eigenvalue weighted by Gasteiger charge is -2.30. The Morgan fingerprint density at radius 3 is 2.94 bits per heavy atom. The molecule has 0 aliphatic carbocycles. The predicted octanol–water partition coefficient (Wildman–Crippen LogP) is 0.701. The van der Waals surface area contributed by atoms with Crippen molar-refractivity contribution in [2.24, 2.45) is 0 Å². The Morgan fingerprint density at radius 2 is 2.22 bits per heavy atom. The maximum Gasteiger partial charge on any atom is 0.318 e. The maximum atomic E-state index is 12.3. The van der Waals surface area contributed by atoms with Gasteiger partial charge in [-0.05, 0) is 38.6 Å². The van der Waals surface area contributed by atoms with Gasteiger partial charge in [-0.2, -0.15) is 0 Å². The Balaban J connectivity index is 1.57. The van der Waals surface area contributed by atoms with Crippen LogP contribution in [0.15, 0.2) is 0 Å². The molecule has 18 heavy (non-hydrogen) atoms. The minimum absolute atomic E-state index is 0.113. The molecule has 0 aromatic rings. The molecular weight excluding hydrogens is 230 g/mol. The van der Waals surface area contributed by atoms with Gasteiger partial charge < -0.3 is 20.3 Å². The third-order valence-corrected chi connectivity index (χ3v) is 4.38. The monoisotopic (exact) mass is 253 g/mol. The highest BCUT2D eigenvalue weighted by Gasteiger charge is 2.36. The van der Waals surface area contributed by atoms with Crippen molar-refractivity contribution in [2.45, 2.75) is 50.2 Å². The molecule has 3 rings (SSSR count). The van der Waals surface area contributed by atoms with E-state index in [-0.39, 0.29) is 12.1 Å². The third-order valence-electron chi connectivity index (χ3n) is 4.38. The summed E-state index contributed by atoms with van der Waals surface area (Å²) in [6.07, 6.45) is 5.68. The van der Waals surface area contributed by atoms with E-state index < -0.39 is 0 Å². The number of hydrogen-bond acceptors (Lipinski definition) is 3. The van der Waals surface area contributed by atoms with Gasteiger partial charge in [0.25, 0.3) is 0 Å². The van der Waals surface area contributed by atoms with Crippen LogP contribution in [-0.4, -0.2) is 55.4 Å². The van der Waals surface area contributed by atoms with E-state index in [9.17, 15) is 4.79 Å². The van der Waals surface area contributed by atoms with Crippen LogP contribution in [0.1, 0.15) is 32.1 Å². The van der Waals surface area contributed by atoms with Gasteiger partial charge in [0, 0.05) is 25.2 Å². The van der Waals surface area contributed by atoms with E-state index in [0.717, 1.165) is 39.0 Å². The van der Waals surface area contributed by atoms with Crippen molar-refractivity contribution in [1.82, 2.24) is 15.5 Å². The largest absolute Gasteiger partial charge is 0.379 e. The summed E-state index contributed by atoms with van der Waals surface area (Å²) < 4.78 is 5.30. The summed E-state index contributed by atoms with van der Waals surface area (Å²) in [5.41, 5.74) is 0. The maximum absolute atomic E-state index is 12.3. The molecule has 0 radical (unpaired) electrons. The van der Waals surface area contributed by atoms with Gasteiger partial charge >= 0.3 is 6.03 Å². The van der Waals surface area contributed by atoms with Crippen molar-refractivity contribution < 1.29 is 9.53 Å². The first-order chi connectivity index (χ1) is 8.84. The highest BCUT2D eigenvalue weighted by Crippen LogP contribution is 2.25. The van der Waals surface area contributed by atoms with E-state index in [4.69, 9.17) is 4.74 Å². The molecule has 0 aromatic heterocycles. The SMILES string of the molecule is O=C(NC1CCOC1)N1CCCC1C1CCCN1. The van der Waals surface area contributed by atoms with Crippen LogP contribution in [0, 0.1) is 0 Å². The molecule has 3 aliphatic rings. The molecular formula is C13H23N3O2. The highest BCUT2D eigenvalue weighted by atomic mass is 16.5. The van der Waals surface area contributed by atoms with Gasteiger partial charge in [0.2, 0.25) is 0 Å². The summed E-state index contributed by atoms with van der Waals surface area (Å²) in [6.45, 7) is 3.46. The van der Waals surface area contributed by atoms with E-state index in [2.05, 4.69) is 10.6 Å². The summed E-state index contributed by atoms with van der Waals surface area (Å²) in [6, 6.07) is 1.24. The van der Waals surface area contributed by atoms with Crippen LogP contribution in [0.5, 0.6) is 0 Å². The first-order valence-corrected chi connectivity index (χ1v) is 7.23. The topological polar surface area (TPSA) is 53.6 Å². The van der Waals surface area contributed by atoms with E-state index in [1.54, 1.807) is 0 Å². The molecule has 2 amide bonds. The standard InChI is InChI=1S/C13H23N3O2/c17-13(15-10-5-8-18-9-10)16-7-2-4-12(16)11-3-1-6-14-11/h10-12,14H,1-9H2,(H,15,17). The van der Waals surface area contributed by atoms with Gasteiger partial charge in [0.05, 0.1) is 12.6 Å². The van der Waals surface area contributed by atoms with Gasteiger partial charge in [-0.15, -0.1) is 0 Å². The fourth-order valence-corrected chi connectivity index (χ4v) is 3.41. The minimum atomic E-state index is 0.113. The second-order valence-corrected chi connectivity index (χ2v) is 5.62. The number of urea groups is 1. The number of ether oxygens (including phenoxy) is 1. The van der Waals surface area contributed by atoms with Crippen molar-refractivity contribution >= 4 is 6.03 Å². The predicted molar refractivity (Wildman–Crippen MR) is 68.5 cm³/mol. The van der Waals surface area contributed by atoms with Crippen LogP contribution in [0.3, 0.4) is 0 Å². The second-order valence-electron chi connectivity index (χ2n) is 5.62. The molecule has 5 nitrogen and oxygen atoms in total. The lowest BCUT2D eigenvalue weighted by molar-refractivity contribution is 0.169. The zero-order valence-corrected chi connectivity index (χ0v) is 10.9. The average Bonchev–Trinajstić information content (AvgIpc) is 3.11. The number of carbonyl (C=O) groups excluding carboxylic acids is 1. The van der Waals surface area contributed by atoms with Gasteiger partial charge in [-0.1, -0.05) is 0 Å². The van der Waals surface area contributed by atoms with Crippen LogP contribution >= 0.6 is 0 Å². The molecule has 3 saturated heterocycles. The summed E-state index contributed by atoms with van der Waals surface area (Å²) >= 11 is 0. The van der Waals surface area contributed by atoms with Crippen molar-refractivity contribution in [1.29, 1.82) is 0 Å². The van der Waals surface area contributed by atoms with Gasteiger partial charge in [-0.3, -0.25) is 0 Å². The number of nitrogens with zero attached hydrogens (tertiary/aromatic N) is 1. The molecule has 0 bridgehead atoms. The van der Waals surface area contributed by atoms with E-state index in [1.165, 1.54) is 12.8 Å². The molecule has 102 valence electrons. The summed E-state index contributed by atoms with van der Waals surface area (Å²) in [5, 5.41) is 6.64. The smallest absolute Gasteiger partial charge is 0.318 e. The lowest BCUT2D eigenvalue weighted by Crippen LogP contribution is -2.52. The van der Waals surface area contributed by atoms with Gasteiger partial charge in [0.1, 0.15) is 0 Å². The number of hydrogen-bond donors (Lipinski definition) is 2. The Kier molecular flexibility index (Phi) is 3.70. The molecule has 3 atom stereocenters. The minimum Gasteiger partial charge on any atom is -0.379 e. The molecule has 0 spiro atoms. The first kappa shape index (κ1) is 12.2. The number of amides is 2. The number of likely N-dealkylation sites (tertiary alicyclic amines) is 1. The van der Waals surface area contributed by atoms with E-state index >= 15 is 0 Å². The first-order valence-electron chi connectivity index (χ1n) is 7.23. The number of nitrogens with one attached hydrogen (secondary N) is 2. The van der Waals surface area contributed by atoms with Crippen LogP contribution in [-0.2, 0) is 4.74 Å². The summed E-state index contributed by atoms with van der Waals surface area (Å²) in [7, 11) is 0. The van der Waals surface area contributed by atoms with Crippen LogP contribution in [0.25, 0.3) is 0 Å². The van der Waals surface area contributed by atoms with E-state index in [1.807, 2.05) is 4.90 Å². The van der Waals surface area contributed by atoms with Crippen LogP contribution in [0.2, 0.25) is 0 Å². The Morgan fingerprint density at radius 1 is 1.28 bits per heavy atom. The van der Waals surface area contributed by atoms with Gasteiger partial charge in [0.15, 0.2) is 0 Å². The zero-order chi connectivity index (χ0) is 12.4. The summed E-state index contributed by atoms with van der Waals surface area (Å²) in [5.74, 6) is 0. The quantitative estimate of drug-likeness (QED) is 0.762. The molecule has 2 N–H and O–H groups in total. The highest BCUT2D eigenvalue weighted by molar-refractivity contribution is 5.75. The van der Waals surface area contributed by atoms with Crippen molar-refractivity contribution in [3.05, 3.63) is 0 Å². The fraction of sp³-hybridized carbons (Fsp3) is 0.923. The third kappa shape index (κ3) is 2.47. The summed E-state index contributed by atoms with van der Waals surface area (Å²) in [4.78, 5) is 14.3. The molecule has 0 aromatic carbocycles. The zero-order valence-electron chi connectivity index (χ0n) is 10.9. The van der Waals surface area contributed by atoms with Gasteiger partial charge in [-0.25, -0.2) is 4.79 Å². The van der Waals surface area contributed by atoms with Crippen molar-refractivity contribution in [3.63, 3.8) is 0 Å². The molecule has 3 fully saturated rings. The molecule has 0 saturated carbocycles. The van der Waals surface area contributed by atoms with E-state index in [0.29, 0.717) is 18.7 Å². The fourth-order valence-electron chi connectivity index (χ4n) is 3.41. The average molecular weight is 253 g/mol. The second kappa shape index (κ2) is 5.45.